The van der Waals surface area contributed by atoms with Crippen LogP contribution in [0.25, 0.3) is 0 Å². The third-order valence-electron chi connectivity index (χ3n) is 3.83. The highest BCUT2D eigenvalue weighted by Gasteiger charge is 2.22. The molecule has 0 radical (unpaired) electrons. The predicted octanol–water partition coefficient (Wildman–Crippen LogP) is 5.91. The van der Waals surface area contributed by atoms with Crippen LogP contribution in [0.15, 0.2) is 19.7 Å². The van der Waals surface area contributed by atoms with Crippen LogP contribution in [0, 0.1) is 0 Å². The van der Waals surface area contributed by atoms with Gasteiger partial charge in [0.25, 0.3) is 0 Å². The van der Waals surface area contributed by atoms with E-state index in [-0.39, 0.29) is 0 Å². The Kier molecular flexibility index (Phi) is 5.03. The Balaban J connectivity index is 1.95. The second-order valence-corrected chi connectivity index (χ2v) is 10.1. The van der Waals surface area contributed by atoms with Crippen molar-refractivity contribution in [1.82, 2.24) is 5.32 Å². The van der Waals surface area contributed by atoms with E-state index in [1.54, 1.807) is 21.8 Å². The lowest BCUT2D eigenvalue weighted by Gasteiger charge is -2.14. The molecular weight excluding hydrogens is 418 g/mol. The summed E-state index contributed by atoms with van der Waals surface area (Å²) in [5.74, 6) is 0. The van der Waals surface area contributed by atoms with Crippen molar-refractivity contribution in [3.05, 3.63) is 40.6 Å². The lowest BCUT2D eigenvalue weighted by molar-refractivity contribution is 0.698. The minimum absolute atomic E-state index is 0.295. The first-order valence-corrected chi connectivity index (χ1v) is 10.1. The number of thiophene rings is 2. The van der Waals surface area contributed by atoms with E-state index in [1.165, 1.54) is 50.1 Å². The smallest absolute Gasteiger partial charge is 0.0762 e. The highest BCUT2D eigenvalue weighted by atomic mass is 79.9. The molecule has 2 aromatic rings. The Bertz CT molecular complexity index is 580. The van der Waals surface area contributed by atoms with E-state index in [4.69, 9.17) is 0 Å². The van der Waals surface area contributed by atoms with Gasteiger partial charge in [-0.3, -0.25) is 0 Å². The van der Waals surface area contributed by atoms with Crippen LogP contribution >= 0.6 is 54.5 Å². The minimum atomic E-state index is 0.295. The maximum Gasteiger partial charge on any atom is 0.0762 e. The molecule has 1 nitrogen and oxygen atoms in total. The summed E-state index contributed by atoms with van der Waals surface area (Å²) in [5, 5.41) is 3.48. The fourth-order valence-electron chi connectivity index (χ4n) is 2.83. The van der Waals surface area contributed by atoms with Gasteiger partial charge >= 0.3 is 0 Å². The van der Waals surface area contributed by atoms with E-state index in [0.29, 0.717) is 6.04 Å². The molecule has 0 spiro atoms. The van der Waals surface area contributed by atoms with Gasteiger partial charge in [0, 0.05) is 15.3 Å². The highest BCUT2D eigenvalue weighted by molar-refractivity contribution is 9.12. The molecule has 1 aliphatic rings. The molecule has 3 rings (SSSR count). The summed E-state index contributed by atoms with van der Waals surface area (Å²) in [6.45, 7) is 0. The standard InChI is InChI=1S/C15H17Br2NS2/c1-18-14(10-8-13(16)20-15(10)17)12-7-9-5-3-2-4-6-11(9)19-12/h7-8,14,18H,2-6H2,1H3. The molecule has 20 heavy (non-hydrogen) atoms. The first-order chi connectivity index (χ1) is 9.69. The maximum atomic E-state index is 3.69. The summed E-state index contributed by atoms with van der Waals surface area (Å²) in [4.78, 5) is 3.06. The van der Waals surface area contributed by atoms with Gasteiger partial charge < -0.3 is 5.32 Å². The Morgan fingerprint density at radius 2 is 1.90 bits per heavy atom. The van der Waals surface area contributed by atoms with Crippen molar-refractivity contribution >= 4 is 54.5 Å². The molecular formula is C15H17Br2NS2. The van der Waals surface area contributed by atoms with Crippen molar-refractivity contribution in [3.8, 4) is 0 Å². The van der Waals surface area contributed by atoms with Crippen LogP contribution in [-0.4, -0.2) is 7.05 Å². The van der Waals surface area contributed by atoms with Crippen molar-refractivity contribution in [3.63, 3.8) is 0 Å². The lowest BCUT2D eigenvalue weighted by atomic mass is 10.1. The van der Waals surface area contributed by atoms with Gasteiger partial charge in [-0.25, -0.2) is 0 Å². The highest BCUT2D eigenvalue weighted by Crippen LogP contribution is 2.41. The fraction of sp³-hybridized carbons (Fsp3) is 0.467. The van der Waals surface area contributed by atoms with Gasteiger partial charge in [0.2, 0.25) is 0 Å². The number of fused-ring (bicyclic) bond motifs is 1. The fourth-order valence-corrected chi connectivity index (χ4v) is 7.12. The molecule has 1 atom stereocenters. The average molecular weight is 435 g/mol. The number of rotatable bonds is 3. The second-order valence-electron chi connectivity index (χ2n) is 5.16. The van der Waals surface area contributed by atoms with Crippen LogP contribution in [0.1, 0.15) is 46.2 Å². The number of halogens is 2. The Morgan fingerprint density at radius 1 is 1.10 bits per heavy atom. The van der Waals surface area contributed by atoms with Crippen LogP contribution in [-0.2, 0) is 12.8 Å². The molecule has 0 saturated heterocycles. The third-order valence-corrected chi connectivity index (χ3v) is 7.52. The first kappa shape index (κ1) is 15.2. The second kappa shape index (κ2) is 6.61. The molecule has 1 aliphatic carbocycles. The summed E-state index contributed by atoms with van der Waals surface area (Å²) in [6, 6.07) is 4.95. The molecule has 1 N–H and O–H groups in total. The first-order valence-electron chi connectivity index (χ1n) is 6.92. The average Bonchev–Trinajstić information content (AvgIpc) is 2.88. The molecule has 2 aromatic heterocycles. The molecule has 0 aromatic carbocycles. The number of aryl methyl sites for hydroxylation is 2. The van der Waals surface area contributed by atoms with E-state index < -0.39 is 0 Å². The maximum absolute atomic E-state index is 3.69. The molecule has 1 unspecified atom stereocenters. The van der Waals surface area contributed by atoms with Gasteiger partial charge in [-0.1, -0.05) is 6.42 Å². The molecule has 2 heterocycles. The van der Waals surface area contributed by atoms with Crippen molar-refractivity contribution in [2.45, 2.75) is 38.1 Å². The lowest BCUT2D eigenvalue weighted by Crippen LogP contribution is -2.16. The summed E-state index contributed by atoms with van der Waals surface area (Å²) >= 11 is 11.0. The number of hydrogen-bond acceptors (Lipinski definition) is 3. The van der Waals surface area contributed by atoms with Crippen molar-refractivity contribution in [2.75, 3.05) is 7.05 Å². The zero-order valence-corrected chi connectivity index (χ0v) is 16.1. The molecule has 108 valence electrons. The van der Waals surface area contributed by atoms with Crippen molar-refractivity contribution in [2.24, 2.45) is 0 Å². The number of nitrogens with one attached hydrogen (secondary N) is 1. The SMILES string of the molecule is CNC(c1cc2c(s1)CCCCC2)c1cc(Br)sc1Br. The quantitative estimate of drug-likeness (QED) is 0.591. The topological polar surface area (TPSA) is 12.0 Å². The van der Waals surface area contributed by atoms with E-state index in [0.717, 1.165) is 0 Å². The van der Waals surface area contributed by atoms with Gasteiger partial charge in [-0.15, -0.1) is 22.7 Å². The minimum Gasteiger partial charge on any atom is -0.309 e. The van der Waals surface area contributed by atoms with Crippen LogP contribution in [0.2, 0.25) is 0 Å². The molecule has 0 fully saturated rings. The third kappa shape index (κ3) is 3.07. The van der Waals surface area contributed by atoms with E-state index in [2.05, 4.69) is 49.3 Å². The summed E-state index contributed by atoms with van der Waals surface area (Å²) < 4.78 is 2.39. The van der Waals surface area contributed by atoms with Gasteiger partial charge in [0.05, 0.1) is 13.6 Å². The summed E-state index contributed by atoms with van der Waals surface area (Å²) in [6.07, 6.45) is 6.61. The van der Waals surface area contributed by atoms with Crippen LogP contribution < -0.4 is 5.32 Å². The normalized spacial score (nSPS) is 16.8. The largest absolute Gasteiger partial charge is 0.309 e. The molecule has 0 bridgehead atoms. The molecule has 0 aliphatic heterocycles. The zero-order valence-electron chi connectivity index (χ0n) is 11.3. The van der Waals surface area contributed by atoms with Crippen molar-refractivity contribution < 1.29 is 0 Å². The Morgan fingerprint density at radius 3 is 2.60 bits per heavy atom. The molecule has 0 saturated carbocycles. The van der Waals surface area contributed by atoms with Gasteiger partial charge in [0.1, 0.15) is 0 Å². The van der Waals surface area contributed by atoms with Gasteiger partial charge in [0.15, 0.2) is 0 Å². The molecule has 0 amide bonds. The van der Waals surface area contributed by atoms with Gasteiger partial charge in [-0.05, 0) is 82.3 Å². The monoisotopic (exact) mass is 433 g/mol. The predicted molar refractivity (Wildman–Crippen MR) is 96.2 cm³/mol. The molecule has 5 heteroatoms. The zero-order chi connectivity index (χ0) is 14.1. The Labute approximate surface area is 145 Å². The van der Waals surface area contributed by atoms with Crippen molar-refractivity contribution in [1.29, 1.82) is 0 Å². The van der Waals surface area contributed by atoms with E-state index >= 15 is 0 Å². The van der Waals surface area contributed by atoms with Gasteiger partial charge in [-0.2, -0.15) is 0 Å². The Hall–Kier alpha value is 0.320. The van der Waals surface area contributed by atoms with Crippen LogP contribution in [0.5, 0.6) is 0 Å². The number of hydrogen-bond donors (Lipinski definition) is 1. The van der Waals surface area contributed by atoms with E-state index in [1.807, 2.05) is 18.4 Å². The summed E-state index contributed by atoms with van der Waals surface area (Å²) in [7, 11) is 2.05. The van der Waals surface area contributed by atoms with Crippen LogP contribution in [0.4, 0.5) is 0 Å². The summed E-state index contributed by atoms with van der Waals surface area (Å²) in [5.41, 5.74) is 2.92. The van der Waals surface area contributed by atoms with Crippen LogP contribution in [0.3, 0.4) is 0 Å². The van der Waals surface area contributed by atoms with E-state index in [9.17, 15) is 0 Å².